The smallest absolute Gasteiger partial charge is 0.255 e. The van der Waals surface area contributed by atoms with Crippen molar-refractivity contribution in [3.05, 3.63) is 29.6 Å². The van der Waals surface area contributed by atoms with Gasteiger partial charge in [-0.25, -0.2) is 0 Å². The lowest BCUT2D eigenvalue weighted by molar-refractivity contribution is 0.0786. The standard InChI is InChI=1S/C17H22N2O2/c1-2-5-14-8-10-19(13-14)17(21)16-7-9-18-12-15(16)6-3-4-11-20/h7,9,12,14,20H,2,4-5,8,10-11,13H2,1H3. The van der Waals surface area contributed by atoms with E-state index in [-0.39, 0.29) is 12.5 Å². The Balaban J connectivity index is 2.11. The molecule has 1 amide bonds. The molecule has 1 aromatic rings. The number of hydrogen-bond donors (Lipinski definition) is 1. The molecule has 1 aromatic heterocycles. The van der Waals surface area contributed by atoms with Crippen molar-refractivity contribution in [1.29, 1.82) is 0 Å². The number of aliphatic hydroxyl groups is 1. The third-order valence-corrected chi connectivity index (χ3v) is 3.78. The Morgan fingerprint density at radius 1 is 1.57 bits per heavy atom. The van der Waals surface area contributed by atoms with Crippen molar-refractivity contribution in [2.24, 2.45) is 5.92 Å². The fourth-order valence-electron chi connectivity index (χ4n) is 2.73. The SMILES string of the molecule is CCCC1CCN(C(=O)c2ccncc2C#CCCO)C1. The maximum absolute atomic E-state index is 12.6. The molecule has 0 bridgehead atoms. The minimum Gasteiger partial charge on any atom is -0.395 e. The van der Waals surface area contributed by atoms with Crippen LogP contribution in [-0.4, -0.2) is 40.6 Å². The monoisotopic (exact) mass is 286 g/mol. The first-order chi connectivity index (χ1) is 10.3. The summed E-state index contributed by atoms with van der Waals surface area (Å²) in [6, 6.07) is 1.73. The minimum absolute atomic E-state index is 0.0291. The number of nitrogens with zero attached hydrogens (tertiary/aromatic N) is 2. The summed E-state index contributed by atoms with van der Waals surface area (Å²) < 4.78 is 0. The number of aliphatic hydroxyl groups excluding tert-OH is 1. The predicted molar refractivity (Wildman–Crippen MR) is 81.7 cm³/mol. The maximum atomic E-state index is 12.6. The third-order valence-electron chi connectivity index (χ3n) is 3.78. The van der Waals surface area contributed by atoms with E-state index in [9.17, 15) is 4.79 Å². The molecule has 1 fully saturated rings. The zero-order chi connectivity index (χ0) is 15.1. The summed E-state index contributed by atoms with van der Waals surface area (Å²) >= 11 is 0. The van der Waals surface area contributed by atoms with E-state index in [1.807, 2.05) is 4.90 Å². The Bertz CT molecular complexity index is 545. The van der Waals surface area contributed by atoms with Crippen LogP contribution >= 0.6 is 0 Å². The van der Waals surface area contributed by atoms with Gasteiger partial charge in [-0.1, -0.05) is 25.2 Å². The highest BCUT2D eigenvalue weighted by molar-refractivity contribution is 5.96. The third kappa shape index (κ3) is 4.05. The number of likely N-dealkylation sites (tertiary alicyclic amines) is 1. The summed E-state index contributed by atoms with van der Waals surface area (Å²) in [7, 11) is 0. The summed E-state index contributed by atoms with van der Waals surface area (Å²) in [4.78, 5) is 18.6. The van der Waals surface area contributed by atoms with Crippen LogP contribution in [0.4, 0.5) is 0 Å². The molecule has 2 rings (SSSR count). The van der Waals surface area contributed by atoms with Crippen molar-refractivity contribution in [2.45, 2.75) is 32.6 Å². The molecule has 0 aliphatic carbocycles. The van der Waals surface area contributed by atoms with Gasteiger partial charge >= 0.3 is 0 Å². The first kappa shape index (κ1) is 15.5. The molecule has 1 aliphatic rings. The topological polar surface area (TPSA) is 53.4 Å². The molecule has 4 nitrogen and oxygen atoms in total. The second-order valence-electron chi connectivity index (χ2n) is 5.39. The molecule has 4 heteroatoms. The molecule has 0 spiro atoms. The second-order valence-corrected chi connectivity index (χ2v) is 5.39. The van der Waals surface area contributed by atoms with Gasteiger partial charge in [0.05, 0.1) is 17.7 Å². The van der Waals surface area contributed by atoms with E-state index in [1.165, 1.54) is 12.8 Å². The van der Waals surface area contributed by atoms with Crippen LogP contribution in [0.5, 0.6) is 0 Å². The fourth-order valence-corrected chi connectivity index (χ4v) is 2.73. The lowest BCUT2D eigenvalue weighted by Gasteiger charge is -2.17. The lowest BCUT2D eigenvalue weighted by Crippen LogP contribution is -2.29. The fraction of sp³-hybridized carbons (Fsp3) is 0.529. The van der Waals surface area contributed by atoms with Crippen LogP contribution in [0.2, 0.25) is 0 Å². The zero-order valence-electron chi connectivity index (χ0n) is 12.5. The normalized spacial score (nSPS) is 17.4. The van der Waals surface area contributed by atoms with Gasteiger partial charge in [-0.2, -0.15) is 0 Å². The molecule has 1 unspecified atom stereocenters. The van der Waals surface area contributed by atoms with E-state index in [4.69, 9.17) is 5.11 Å². The van der Waals surface area contributed by atoms with E-state index >= 15 is 0 Å². The molecule has 112 valence electrons. The molecule has 1 atom stereocenters. The molecule has 1 saturated heterocycles. The van der Waals surface area contributed by atoms with Crippen LogP contribution < -0.4 is 0 Å². The van der Waals surface area contributed by atoms with Crippen LogP contribution in [-0.2, 0) is 0 Å². The number of amides is 1. The molecule has 1 aliphatic heterocycles. The van der Waals surface area contributed by atoms with Crippen LogP contribution in [0.3, 0.4) is 0 Å². The van der Waals surface area contributed by atoms with E-state index in [0.717, 1.165) is 19.5 Å². The summed E-state index contributed by atoms with van der Waals surface area (Å²) in [6.45, 7) is 3.89. The largest absolute Gasteiger partial charge is 0.395 e. The Hall–Kier alpha value is -1.86. The summed E-state index contributed by atoms with van der Waals surface area (Å²) in [5.74, 6) is 6.47. The molecule has 21 heavy (non-hydrogen) atoms. The first-order valence-corrected chi connectivity index (χ1v) is 7.59. The Morgan fingerprint density at radius 2 is 2.43 bits per heavy atom. The molecule has 0 aromatic carbocycles. The van der Waals surface area contributed by atoms with Gasteiger partial charge in [-0.15, -0.1) is 0 Å². The number of carbonyl (C=O) groups is 1. The lowest BCUT2D eigenvalue weighted by atomic mass is 10.0. The first-order valence-electron chi connectivity index (χ1n) is 7.59. The minimum atomic E-state index is 0.0291. The summed E-state index contributed by atoms with van der Waals surface area (Å²) in [5, 5.41) is 8.78. The van der Waals surface area contributed by atoms with Crippen LogP contribution in [0, 0.1) is 17.8 Å². The average molecular weight is 286 g/mol. The van der Waals surface area contributed by atoms with Crippen molar-refractivity contribution in [3.8, 4) is 11.8 Å². The highest BCUT2D eigenvalue weighted by Crippen LogP contribution is 2.23. The zero-order valence-corrected chi connectivity index (χ0v) is 12.5. The van der Waals surface area contributed by atoms with Crippen molar-refractivity contribution in [1.82, 2.24) is 9.88 Å². The van der Waals surface area contributed by atoms with Gasteiger partial charge in [0.15, 0.2) is 0 Å². The summed E-state index contributed by atoms with van der Waals surface area (Å²) in [6.07, 6.45) is 7.10. The maximum Gasteiger partial charge on any atom is 0.255 e. The molecule has 0 radical (unpaired) electrons. The number of carbonyl (C=O) groups excluding carboxylic acids is 1. The van der Waals surface area contributed by atoms with Gasteiger partial charge in [0.25, 0.3) is 5.91 Å². The highest BCUT2D eigenvalue weighted by atomic mass is 16.2. The molecule has 2 heterocycles. The average Bonchev–Trinajstić information content (AvgIpc) is 2.96. The Morgan fingerprint density at radius 3 is 3.19 bits per heavy atom. The van der Waals surface area contributed by atoms with E-state index in [1.54, 1.807) is 18.5 Å². The summed E-state index contributed by atoms with van der Waals surface area (Å²) in [5.41, 5.74) is 1.27. The highest BCUT2D eigenvalue weighted by Gasteiger charge is 2.27. The van der Waals surface area contributed by atoms with E-state index < -0.39 is 0 Å². The van der Waals surface area contributed by atoms with Crippen LogP contribution in [0.1, 0.15) is 48.5 Å². The van der Waals surface area contributed by atoms with Gasteiger partial charge in [0.2, 0.25) is 0 Å². The number of aromatic nitrogens is 1. The molecular weight excluding hydrogens is 264 g/mol. The number of rotatable bonds is 4. The van der Waals surface area contributed by atoms with Gasteiger partial charge in [-0.05, 0) is 24.8 Å². The number of hydrogen-bond acceptors (Lipinski definition) is 3. The second kappa shape index (κ2) is 7.80. The van der Waals surface area contributed by atoms with Crippen molar-refractivity contribution >= 4 is 5.91 Å². The van der Waals surface area contributed by atoms with Crippen molar-refractivity contribution in [3.63, 3.8) is 0 Å². The van der Waals surface area contributed by atoms with Crippen molar-refractivity contribution < 1.29 is 9.90 Å². The predicted octanol–water partition coefficient (Wildman–Crippen LogP) is 2.08. The van der Waals surface area contributed by atoms with Crippen molar-refractivity contribution in [2.75, 3.05) is 19.7 Å². The van der Waals surface area contributed by atoms with Crippen LogP contribution in [0.25, 0.3) is 0 Å². The van der Waals surface area contributed by atoms with Gasteiger partial charge in [-0.3, -0.25) is 9.78 Å². The Kier molecular flexibility index (Phi) is 5.77. The van der Waals surface area contributed by atoms with E-state index in [0.29, 0.717) is 23.5 Å². The van der Waals surface area contributed by atoms with Gasteiger partial charge in [0, 0.05) is 31.9 Å². The quantitative estimate of drug-likeness (QED) is 0.862. The molecular formula is C17H22N2O2. The van der Waals surface area contributed by atoms with E-state index in [2.05, 4.69) is 23.7 Å². The molecule has 1 N–H and O–H groups in total. The van der Waals surface area contributed by atoms with Crippen LogP contribution in [0.15, 0.2) is 18.5 Å². The van der Waals surface area contributed by atoms with Gasteiger partial charge in [0.1, 0.15) is 0 Å². The van der Waals surface area contributed by atoms with Gasteiger partial charge < -0.3 is 10.0 Å². The number of pyridine rings is 1. The Labute approximate surface area is 126 Å². The molecule has 0 saturated carbocycles.